The number of anilines is 1. The SMILES string of the molecule is CCOC(=O)Cc1csc(NC(=O)Cn2nc(-c3cc(OC)ccc3OC)ccc2=O)n1. The van der Waals surface area contributed by atoms with Crippen LogP contribution in [0.5, 0.6) is 11.5 Å². The van der Waals surface area contributed by atoms with E-state index in [0.717, 1.165) is 4.68 Å². The Morgan fingerprint density at radius 1 is 1.16 bits per heavy atom. The van der Waals surface area contributed by atoms with Crippen LogP contribution in [-0.4, -0.2) is 47.5 Å². The lowest BCUT2D eigenvalue weighted by atomic mass is 10.1. The van der Waals surface area contributed by atoms with Gasteiger partial charge in [-0.15, -0.1) is 11.3 Å². The van der Waals surface area contributed by atoms with Gasteiger partial charge in [0, 0.05) is 17.0 Å². The van der Waals surface area contributed by atoms with Crippen LogP contribution in [0, 0.1) is 0 Å². The van der Waals surface area contributed by atoms with Crippen LogP contribution >= 0.6 is 11.3 Å². The number of ether oxygens (including phenoxy) is 3. The summed E-state index contributed by atoms with van der Waals surface area (Å²) in [5.41, 5.74) is 1.11. The van der Waals surface area contributed by atoms with E-state index in [-0.39, 0.29) is 19.6 Å². The normalized spacial score (nSPS) is 10.5. The predicted octanol–water partition coefficient (Wildman–Crippen LogP) is 2.13. The Kier molecular flexibility index (Phi) is 7.55. The fourth-order valence-corrected chi connectivity index (χ4v) is 3.55. The van der Waals surface area contributed by atoms with Gasteiger partial charge in [-0.1, -0.05) is 0 Å². The number of carbonyl (C=O) groups excluding carboxylic acids is 2. The molecule has 2 heterocycles. The molecule has 0 unspecified atom stereocenters. The van der Waals surface area contributed by atoms with E-state index >= 15 is 0 Å². The third kappa shape index (κ3) is 5.70. The van der Waals surface area contributed by atoms with Gasteiger partial charge in [0.2, 0.25) is 5.91 Å². The average Bonchev–Trinajstić information content (AvgIpc) is 3.21. The summed E-state index contributed by atoms with van der Waals surface area (Å²) in [6, 6.07) is 8.09. The van der Waals surface area contributed by atoms with E-state index in [4.69, 9.17) is 14.2 Å². The van der Waals surface area contributed by atoms with E-state index < -0.39 is 17.4 Å². The van der Waals surface area contributed by atoms with Crippen molar-refractivity contribution in [2.45, 2.75) is 19.9 Å². The summed E-state index contributed by atoms with van der Waals surface area (Å²) in [6.07, 6.45) is 0.0195. The second-order valence-electron chi connectivity index (χ2n) is 6.45. The van der Waals surface area contributed by atoms with Crippen molar-refractivity contribution in [3.8, 4) is 22.8 Å². The maximum absolute atomic E-state index is 12.5. The number of hydrogen-bond donors (Lipinski definition) is 1. The molecular weight excluding hydrogens is 436 g/mol. The number of esters is 1. The highest BCUT2D eigenvalue weighted by Crippen LogP contribution is 2.31. The van der Waals surface area contributed by atoms with Crippen molar-refractivity contribution in [2.75, 3.05) is 26.1 Å². The van der Waals surface area contributed by atoms with Crippen molar-refractivity contribution >= 4 is 28.3 Å². The summed E-state index contributed by atoms with van der Waals surface area (Å²) in [4.78, 5) is 40.5. The third-order valence-corrected chi connectivity index (χ3v) is 5.08. The first kappa shape index (κ1) is 22.9. The summed E-state index contributed by atoms with van der Waals surface area (Å²) in [5.74, 6) is 0.271. The molecular formula is C21H22N4O6S. The highest BCUT2D eigenvalue weighted by Gasteiger charge is 2.14. The van der Waals surface area contributed by atoms with Crippen LogP contribution in [0.15, 0.2) is 40.5 Å². The standard InChI is InChI=1S/C21H22N4O6S/c1-4-31-20(28)9-13-12-32-21(22-13)23-18(26)11-25-19(27)8-6-16(24-25)15-10-14(29-2)5-7-17(15)30-3/h5-8,10,12H,4,9,11H2,1-3H3,(H,22,23,26). The van der Waals surface area contributed by atoms with E-state index in [1.54, 1.807) is 43.7 Å². The van der Waals surface area contributed by atoms with Crippen LogP contribution in [0.1, 0.15) is 12.6 Å². The molecule has 0 radical (unpaired) electrons. The highest BCUT2D eigenvalue weighted by molar-refractivity contribution is 7.13. The molecule has 10 nitrogen and oxygen atoms in total. The van der Waals surface area contributed by atoms with Gasteiger partial charge >= 0.3 is 5.97 Å². The molecule has 0 atom stereocenters. The van der Waals surface area contributed by atoms with Crippen LogP contribution in [0.2, 0.25) is 0 Å². The van der Waals surface area contributed by atoms with Crippen LogP contribution in [0.4, 0.5) is 5.13 Å². The molecule has 0 spiro atoms. The maximum atomic E-state index is 12.5. The molecule has 168 valence electrons. The molecule has 1 amide bonds. The number of nitrogens with one attached hydrogen (secondary N) is 1. The number of nitrogens with zero attached hydrogens (tertiary/aromatic N) is 3. The lowest BCUT2D eigenvalue weighted by Crippen LogP contribution is -2.29. The fraction of sp³-hybridized carbons (Fsp3) is 0.286. The van der Waals surface area contributed by atoms with Gasteiger partial charge in [0.25, 0.3) is 5.56 Å². The summed E-state index contributed by atoms with van der Waals surface area (Å²) < 4.78 is 16.6. The predicted molar refractivity (Wildman–Crippen MR) is 118 cm³/mol. The summed E-state index contributed by atoms with van der Waals surface area (Å²) in [5, 5.41) is 8.89. The molecule has 32 heavy (non-hydrogen) atoms. The van der Waals surface area contributed by atoms with Crippen molar-refractivity contribution < 1.29 is 23.8 Å². The zero-order valence-corrected chi connectivity index (χ0v) is 18.6. The Balaban J connectivity index is 1.75. The fourth-order valence-electron chi connectivity index (χ4n) is 2.82. The number of rotatable bonds is 9. The number of benzene rings is 1. The van der Waals surface area contributed by atoms with Crippen molar-refractivity contribution in [1.82, 2.24) is 14.8 Å². The molecule has 2 aromatic heterocycles. The molecule has 0 saturated heterocycles. The van der Waals surface area contributed by atoms with Crippen LogP contribution in [-0.2, 0) is 27.3 Å². The maximum Gasteiger partial charge on any atom is 0.311 e. The summed E-state index contributed by atoms with van der Waals surface area (Å²) in [7, 11) is 3.07. The first-order valence-corrected chi connectivity index (χ1v) is 10.5. The van der Waals surface area contributed by atoms with E-state index in [2.05, 4.69) is 15.4 Å². The molecule has 0 aliphatic heterocycles. The van der Waals surface area contributed by atoms with E-state index in [0.29, 0.717) is 33.6 Å². The van der Waals surface area contributed by atoms with Crippen molar-refractivity contribution in [2.24, 2.45) is 0 Å². The number of aromatic nitrogens is 3. The van der Waals surface area contributed by atoms with Gasteiger partial charge in [-0.3, -0.25) is 14.4 Å². The van der Waals surface area contributed by atoms with Gasteiger partial charge < -0.3 is 19.5 Å². The Morgan fingerprint density at radius 2 is 1.97 bits per heavy atom. The van der Waals surface area contributed by atoms with Crippen LogP contribution in [0.3, 0.4) is 0 Å². The third-order valence-electron chi connectivity index (χ3n) is 4.27. The van der Waals surface area contributed by atoms with E-state index in [1.807, 2.05) is 0 Å². The number of carbonyl (C=O) groups is 2. The Labute approximate surface area is 187 Å². The molecule has 0 aliphatic rings. The molecule has 0 saturated carbocycles. The summed E-state index contributed by atoms with van der Waals surface area (Å²) in [6.45, 7) is 1.70. The Bertz CT molecular complexity index is 1170. The van der Waals surface area contributed by atoms with Crippen molar-refractivity contribution in [1.29, 1.82) is 0 Å². The average molecular weight is 458 g/mol. The van der Waals surface area contributed by atoms with Crippen LogP contribution < -0.4 is 20.3 Å². The number of hydrogen-bond acceptors (Lipinski definition) is 9. The second kappa shape index (κ2) is 10.5. The first-order valence-electron chi connectivity index (χ1n) is 9.64. The molecule has 3 rings (SSSR count). The van der Waals surface area contributed by atoms with Gasteiger partial charge in [-0.05, 0) is 31.2 Å². The molecule has 1 N–H and O–H groups in total. The highest BCUT2D eigenvalue weighted by atomic mass is 32.1. The van der Waals surface area contributed by atoms with Crippen molar-refractivity contribution in [3.63, 3.8) is 0 Å². The topological polar surface area (TPSA) is 122 Å². The van der Waals surface area contributed by atoms with Gasteiger partial charge in [0.1, 0.15) is 18.0 Å². The zero-order chi connectivity index (χ0) is 23.1. The number of methoxy groups -OCH3 is 2. The molecule has 1 aromatic carbocycles. The largest absolute Gasteiger partial charge is 0.497 e. The minimum absolute atomic E-state index is 0.0195. The van der Waals surface area contributed by atoms with Gasteiger partial charge in [0.05, 0.1) is 38.6 Å². The second-order valence-corrected chi connectivity index (χ2v) is 7.31. The first-order chi connectivity index (χ1) is 15.4. The van der Waals surface area contributed by atoms with Crippen molar-refractivity contribution in [3.05, 3.63) is 51.8 Å². The van der Waals surface area contributed by atoms with E-state index in [9.17, 15) is 14.4 Å². The smallest absolute Gasteiger partial charge is 0.311 e. The molecule has 11 heteroatoms. The number of thiazole rings is 1. The lowest BCUT2D eigenvalue weighted by Gasteiger charge is -2.11. The number of amides is 1. The van der Waals surface area contributed by atoms with Gasteiger partial charge in [-0.25, -0.2) is 9.67 Å². The molecule has 3 aromatic rings. The monoisotopic (exact) mass is 458 g/mol. The van der Waals surface area contributed by atoms with Crippen LogP contribution in [0.25, 0.3) is 11.3 Å². The minimum atomic E-state index is -0.480. The molecule has 0 fully saturated rings. The Morgan fingerprint density at radius 3 is 2.69 bits per heavy atom. The van der Waals surface area contributed by atoms with Gasteiger partial charge in [-0.2, -0.15) is 5.10 Å². The lowest BCUT2D eigenvalue weighted by molar-refractivity contribution is -0.142. The van der Waals surface area contributed by atoms with E-state index in [1.165, 1.54) is 24.5 Å². The quantitative estimate of drug-likeness (QED) is 0.484. The summed E-state index contributed by atoms with van der Waals surface area (Å²) >= 11 is 1.17. The Hall–Kier alpha value is -3.73. The molecule has 0 aliphatic carbocycles. The minimum Gasteiger partial charge on any atom is -0.497 e. The molecule has 0 bridgehead atoms. The zero-order valence-electron chi connectivity index (χ0n) is 17.8. The van der Waals surface area contributed by atoms with Gasteiger partial charge in [0.15, 0.2) is 5.13 Å².